The Morgan fingerprint density at radius 1 is 1.56 bits per heavy atom. The molecule has 9 heavy (non-hydrogen) atoms. The van der Waals surface area contributed by atoms with Gasteiger partial charge in [0.05, 0.1) is 13.2 Å². The lowest BCUT2D eigenvalue weighted by molar-refractivity contribution is -0.123. The van der Waals surface area contributed by atoms with Crippen molar-refractivity contribution in [2.24, 2.45) is 11.3 Å². The van der Waals surface area contributed by atoms with Crippen LogP contribution < -0.4 is 0 Å². The summed E-state index contributed by atoms with van der Waals surface area (Å²) in [7, 11) is 0. The molecule has 0 spiro atoms. The molecule has 1 saturated heterocycles. The van der Waals surface area contributed by atoms with Gasteiger partial charge in [-0.15, -0.1) is 0 Å². The molecule has 1 aliphatic heterocycles. The van der Waals surface area contributed by atoms with E-state index in [4.69, 9.17) is 4.74 Å². The SMILES string of the molecule is CC(C)C1(CS)COC1. The molecule has 1 aliphatic rings. The maximum Gasteiger partial charge on any atom is 0.0555 e. The van der Waals surface area contributed by atoms with E-state index in [-0.39, 0.29) is 0 Å². The van der Waals surface area contributed by atoms with Crippen LogP contribution in [0.4, 0.5) is 0 Å². The van der Waals surface area contributed by atoms with Gasteiger partial charge < -0.3 is 4.74 Å². The molecule has 0 aromatic heterocycles. The van der Waals surface area contributed by atoms with Crippen molar-refractivity contribution >= 4 is 12.6 Å². The van der Waals surface area contributed by atoms with Crippen LogP contribution in [0.25, 0.3) is 0 Å². The quantitative estimate of drug-likeness (QED) is 0.582. The fourth-order valence-corrected chi connectivity index (χ4v) is 1.52. The Morgan fingerprint density at radius 3 is 2.11 bits per heavy atom. The second-order valence-electron chi connectivity index (χ2n) is 3.17. The van der Waals surface area contributed by atoms with Gasteiger partial charge in [0.15, 0.2) is 0 Å². The Kier molecular flexibility index (Phi) is 2.07. The molecule has 0 aliphatic carbocycles. The molecule has 1 rings (SSSR count). The van der Waals surface area contributed by atoms with Crippen LogP contribution in [-0.2, 0) is 4.74 Å². The van der Waals surface area contributed by atoms with Crippen LogP contribution in [-0.4, -0.2) is 19.0 Å². The van der Waals surface area contributed by atoms with Crippen LogP contribution in [0.2, 0.25) is 0 Å². The largest absolute Gasteiger partial charge is 0.380 e. The van der Waals surface area contributed by atoms with Crippen LogP contribution >= 0.6 is 12.6 Å². The van der Waals surface area contributed by atoms with Crippen molar-refractivity contribution in [1.29, 1.82) is 0 Å². The Balaban J connectivity index is 2.46. The Bertz CT molecular complexity index is 91.6. The molecule has 1 nitrogen and oxygen atoms in total. The first-order valence-corrected chi connectivity index (χ1v) is 4.03. The zero-order chi connectivity index (χ0) is 6.91. The van der Waals surface area contributed by atoms with Gasteiger partial charge in [0, 0.05) is 11.2 Å². The van der Waals surface area contributed by atoms with E-state index in [0.717, 1.165) is 19.0 Å². The average Bonchev–Trinajstić information content (AvgIpc) is 1.62. The second kappa shape index (κ2) is 2.51. The van der Waals surface area contributed by atoms with Crippen LogP contribution in [0.5, 0.6) is 0 Å². The minimum Gasteiger partial charge on any atom is -0.380 e. The lowest BCUT2D eigenvalue weighted by Gasteiger charge is -2.43. The van der Waals surface area contributed by atoms with E-state index >= 15 is 0 Å². The highest BCUT2D eigenvalue weighted by atomic mass is 32.1. The van der Waals surface area contributed by atoms with Crippen molar-refractivity contribution in [3.63, 3.8) is 0 Å². The molecule has 0 N–H and O–H groups in total. The predicted molar refractivity (Wildman–Crippen MR) is 41.9 cm³/mol. The summed E-state index contributed by atoms with van der Waals surface area (Å²) in [6, 6.07) is 0. The van der Waals surface area contributed by atoms with Crippen molar-refractivity contribution in [2.45, 2.75) is 13.8 Å². The average molecular weight is 146 g/mol. The summed E-state index contributed by atoms with van der Waals surface area (Å²) in [4.78, 5) is 0. The highest BCUT2D eigenvalue weighted by molar-refractivity contribution is 7.80. The summed E-state index contributed by atoms with van der Waals surface area (Å²) in [5, 5.41) is 0. The van der Waals surface area contributed by atoms with E-state index < -0.39 is 0 Å². The molecule has 0 saturated carbocycles. The Hall–Kier alpha value is 0.310. The second-order valence-corrected chi connectivity index (χ2v) is 3.48. The summed E-state index contributed by atoms with van der Waals surface area (Å²) >= 11 is 4.29. The van der Waals surface area contributed by atoms with E-state index in [0.29, 0.717) is 11.3 Å². The lowest BCUT2D eigenvalue weighted by Crippen LogP contribution is -2.48. The van der Waals surface area contributed by atoms with Crippen molar-refractivity contribution in [2.75, 3.05) is 19.0 Å². The fourth-order valence-electron chi connectivity index (χ4n) is 0.971. The number of thiol groups is 1. The number of hydrogen-bond acceptors (Lipinski definition) is 2. The topological polar surface area (TPSA) is 9.23 Å². The van der Waals surface area contributed by atoms with E-state index in [2.05, 4.69) is 26.5 Å². The smallest absolute Gasteiger partial charge is 0.0555 e. The molecule has 0 aromatic rings. The standard InChI is InChI=1S/C7H14OS/c1-6(2)7(5-9)3-8-4-7/h6,9H,3-5H2,1-2H3. The van der Waals surface area contributed by atoms with Gasteiger partial charge in [-0.25, -0.2) is 0 Å². The van der Waals surface area contributed by atoms with Gasteiger partial charge in [0.2, 0.25) is 0 Å². The Morgan fingerprint density at radius 2 is 2.11 bits per heavy atom. The van der Waals surface area contributed by atoms with E-state index in [9.17, 15) is 0 Å². The van der Waals surface area contributed by atoms with Gasteiger partial charge in [-0.2, -0.15) is 12.6 Å². The summed E-state index contributed by atoms with van der Waals surface area (Å²) in [5.41, 5.74) is 0.406. The zero-order valence-electron chi connectivity index (χ0n) is 6.05. The third-order valence-electron chi connectivity index (χ3n) is 2.32. The summed E-state index contributed by atoms with van der Waals surface area (Å²) in [6.07, 6.45) is 0. The van der Waals surface area contributed by atoms with Crippen molar-refractivity contribution in [3.8, 4) is 0 Å². The summed E-state index contributed by atoms with van der Waals surface area (Å²) in [5.74, 6) is 1.67. The van der Waals surface area contributed by atoms with Crippen LogP contribution in [0.3, 0.4) is 0 Å². The molecule has 1 heterocycles. The molecule has 0 atom stereocenters. The van der Waals surface area contributed by atoms with E-state index in [1.165, 1.54) is 0 Å². The van der Waals surface area contributed by atoms with Gasteiger partial charge in [-0.3, -0.25) is 0 Å². The minimum absolute atomic E-state index is 0.406. The molecule has 0 radical (unpaired) electrons. The molecule has 0 amide bonds. The molecule has 0 unspecified atom stereocenters. The molecule has 0 bridgehead atoms. The monoisotopic (exact) mass is 146 g/mol. The number of ether oxygens (including phenoxy) is 1. The molecule has 2 heteroatoms. The number of rotatable bonds is 2. The van der Waals surface area contributed by atoms with Gasteiger partial charge >= 0.3 is 0 Å². The highest BCUT2D eigenvalue weighted by Gasteiger charge is 2.39. The molecular formula is C7H14OS. The van der Waals surface area contributed by atoms with Crippen LogP contribution in [0.1, 0.15) is 13.8 Å². The van der Waals surface area contributed by atoms with Crippen LogP contribution in [0, 0.1) is 11.3 Å². The van der Waals surface area contributed by atoms with Gasteiger partial charge in [0.25, 0.3) is 0 Å². The molecule has 1 fully saturated rings. The van der Waals surface area contributed by atoms with Gasteiger partial charge in [-0.1, -0.05) is 13.8 Å². The molecule has 54 valence electrons. The first kappa shape index (κ1) is 7.42. The third kappa shape index (κ3) is 1.10. The molecular weight excluding hydrogens is 132 g/mol. The predicted octanol–water partition coefficient (Wildman–Crippen LogP) is 1.59. The van der Waals surface area contributed by atoms with Gasteiger partial charge in [-0.05, 0) is 5.92 Å². The van der Waals surface area contributed by atoms with Gasteiger partial charge in [0.1, 0.15) is 0 Å². The first-order valence-electron chi connectivity index (χ1n) is 3.40. The Labute approximate surface area is 62.2 Å². The van der Waals surface area contributed by atoms with Crippen molar-refractivity contribution in [3.05, 3.63) is 0 Å². The number of hydrogen-bond donors (Lipinski definition) is 1. The van der Waals surface area contributed by atoms with Crippen molar-refractivity contribution < 1.29 is 4.74 Å². The van der Waals surface area contributed by atoms with E-state index in [1.807, 2.05) is 0 Å². The normalized spacial score (nSPS) is 24.0. The minimum atomic E-state index is 0.406. The maximum absolute atomic E-state index is 5.14. The zero-order valence-corrected chi connectivity index (χ0v) is 6.95. The summed E-state index contributed by atoms with van der Waals surface area (Å²) in [6.45, 7) is 6.29. The molecule has 0 aromatic carbocycles. The highest BCUT2D eigenvalue weighted by Crippen LogP contribution is 2.36. The lowest BCUT2D eigenvalue weighted by atomic mass is 9.77. The maximum atomic E-state index is 5.14. The van der Waals surface area contributed by atoms with Crippen LogP contribution in [0.15, 0.2) is 0 Å². The van der Waals surface area contributed by atoms with E-state index in [1.54, 1.807) is 0 Å². The third-order valence-corrected chi connectivity index (χ3v) is 2.95. The summed E-state index contributed by atoms with van der Waals surface area (Å²) < 4.78 is 5.14. The van der Waals surface area contributed by atoms with Crippen molar-refractivity contribution in [1.82, 2.24) is 0 Å². The fraction of sp³-hybridized carbons (Fsp3) is 1.00. The first-order chi connectivity index (χ1) is 4.21.